The lowest BCUT2D eigenvalue weighted by Crippen LogP contribution is -2.19. The van der Waals surface area contributed by atoms with Crippen molar-refractivity contribution in [2.75, 3.05) is 32.0 Å². The SMILES string of the molecule is CN1CCC(CNc2ncc([N+](=O)[O-])cc2C#N)C1. The maximum Gasteiger partial charge on any atom is 0.289 e. The molecular formula is C12H15N5O2. The van der Waals surface area contributed by atoms with E-state index in [1.54, 1.807) is 0 Å². The van der Waals surface area contributed by atoms with Crippen LogP contribution in [0, 0.1) is 27.4 Å². The molecule has 0 radical (unpaired) electrons. The van der Waals surface area contributed by atoms with Crippen LogP contribution in [0.4, 0.5) is 11.5 Å². The predicted molar refractivity (Wildman–Crippen MR) is 69.7 cm³/mol. The second-order valence-corrected chi connectivity index (χ2v) is 4.76. The monoisotopic (exact) mass is 261 g/mol. The number of hydrogen-bond acceptors (Lipinski definition) is 6. The fourth-order valence-electron chi connectivity index (χ4n) is 2.21. The van der Waals surface area contributed by atoms with Gasteiger partial charge in [-0.3, -0.25) is 10.1 Å². The minimum Gasteiger partial charge on any atom is -0.369 e. The number of pyridine rings is 1. The fraction of sp³-hybridized carbons (Fsp3) is 0.500. The molecule has 0 spiro atoms. The Labute approximate surface area is 111 Å². The van der Waals surface area contributed by atoms with Gasteiger partial charge in [0.25, 0.3) is 5.69 Å². The van der Waals surface area contributed by atoms with Crippen LogP contribution in [0.15, 0.2) is 12.3 Å². The van der Waals surface area contributed by atoms with Gasteiger partial charge in [0.15, 0.2) is 0 Å². The Balaban J connectivity index is 2.04. The Morgan fingerprint density at radius 3 is 3.11 bits per heavy atom. The van der Waals surface area contributed by atoms with Gasteiger partial charge in [-0.1, -0.05) is 0 Å². The number of aromatic nitrogens is 1. The van der Waals surface area contributed by atoms with Crippen molar-refractivity contribution in [1.29, 1.82) is 5.26 Å². The van der Waals surface area contributed by atoms with Gasteiger partial charge < -0.3 is 10.2 Å². The zero-order chi connectivity index (χ0) is 13.8. The van der Waals surface area contributed by atoms with Crippen molar-refractivity contribution >= 4 is 11.5 Å². The van der Waals surface area contributed by atoms with Gasteiger partial charge in [0.05, 0.1) is 4.92 Å². The van der Waals surface area contributed by atoms with Crippen molar-refractivity contribution in [2.24, 2.45) is 5.92 Å². The number of rotatable bonds is 4. The summed E-state index contributed by atoms with van der Waals surface area (Å²) in [5, 5.41) is 22.7. The molecule has 1 atom stereocenters. The second kappa shape index (κ2) is 5.63. The van der Waals surface area contributed by atoms with E-state index in [-0.39, 0.29) is 11.3 Å². The lowest BCUT2D eigenvalue weighted by atomic mass is 10.1. The highest BCUT2D eigenvalue weighted by Gasteiger charge is 2.20. The molecule has 19 heavy (non-hydrogen) atoms. The first kappa shape index (κ1) is 13.2. The standard InChI is InChI=1S/C12H15N5O2/c1-16-3-2-9(8-16)6-14-12-10(5-13)4-11(7-15-12)17(18)19/h4,7,9H,2-3,6,8H2,1H3,(H,14,15). The molecule has 7 nitrogen and oxygen atoms in total. The number of nitrogens with zero attached hydrogens (tertiary/aromatic N) is 4. The lowest BCUT2D eigenvalue weighted by Gasteiger charge is -2.12. The molecule has 1 aliphatic rings. The van der Waals surface area contributed by atoms with Crippen LogP contribution in [-0.4, -0.2) is 41.5 Å². The number of likely N-dealkylation sites (tertiary alicyclic amines) is 1. The average Bonchev–Trinajstić information content (AvgIpc) is 2.81. The van der Waals surface area contributed by atoms with Gasteiger partial charge in [-0.25, -0.2) is 4.98 Å². The van der Waals surface area contributed by atoms with E-state index in [4.69, 9.17) is 5.26 Å². The number of nitrogens with one attached hydrogen (secondary N) is 1. The molecule has 0 aromatic carbocycles. The smallest absolute Gasteiger partial charge is 0.289 e. The maximum atomic E-state index is 10.6. The van der Waals surface area contributed by atoms with Gasteiger partial charge in [-0.15, -0.1) is 0 Å². The molecule has 100 valence electrons. The summed E-state index contributed by atoms with van der Waals surface area (Å²) in [6.07, 6.45) is 2.28. The van der Waals surface area contributed by atoms with E-state index in [9.17, 15) is 10.1 Å². The molecule has 1 fully saturated rings. The zero-order valence-corrected chi connectivity index (χ0v) is 10.7. The van der Waals surface area contributed by atoms with E-state index in [0.29, 0.717) is 11.7 Å². The first-order chi connectivity index (χ1) is 9.10. The quantitative estimate of drug-likeness (QED) is 0.647. The van der Waals surface area contributed by atoms with Gasteiger partial charge >= 0.3 is 0 Å². The Kier molecular flexibility index (Phi) is 3.92. The van der Waals surface area contributed by atoms with Gasteiger partial charge in [0.2, 0.25) is 0 Å². The Morgan fingerprint density at radius 1 is 1.74 bits per heavy atom. The van der Waals surface area contributed by atoms with Crippen LogP contribution in [0.3, 0.4) is 0 Å². The molecule has 0 amide bonds. The third-order valence-corrected chi connectivity index (χ3v) is 3.25. The van der Waals surface area contributed by atoms with Gasteiger partial charge in [0.1, 0.15) is 23.6 Å². The van der Waals surface area contributed by atoms with Crippen molar-refractivity contribution in [2.45, 2.75) is 6.42 Å². The van der Waals surface area contributed by atoms with E-state index in [2.05, 4.69) is 22.2 Å². The molecule has 2 rings (SSSR count). The van der Waals surface area contributed by atoms with E-state index in [1.165, 1.54) is 12.3 Å². The van der Waals surface area contributed by atoms with Crippen molar-refractivity contribution in [3.8, 4) is 6.07 Å². The summed E-state index contributed by atoms with van der Waals surface area (Å²) in [5.41, 5.74) is 0.0447. The van der Waals surface area contributed by atoms with Crippen molar-refractivity contribution < 1.29 is 4.92 Å². The molecule has 1 N–H and O–H groups in total. The fourth-order valence-corrected chi connectivity index (χ4v) is 2.21. The van der Waals surface area contributed by atoms with E-state index < -0.39 is 4.92 Å². The summed E-state index contributed by atoms with van der Waals surface area (Å²) in [6.45, 7) is 2.82. The molecule has 0 aliphatic carbocycles. The van der Waals surface area contributed by atoms with Crippen LogP contribution in [-0.2, 0) is 0 Å². The molecule has 0 bridgehead atoms. The van der Waals surface area contributed by atoms with E-state index in [1.807, 2.05) is 6.07 Å². The van der Waals surface area contributed by atoms with Crippen LogP contribution in [0.2, 0.25) is 0 Å². The predicted octanol–water partition coefficient (Wildman–Crippen LogP) is 1.23. The molecule has 2 heterocycles. The summed E-state index contributed by atoms with van der Waals surface area (Å²) in [7, 11) is 2.07. The Hall–Kier alpha value is -2.20. The van der Waals surface area contributed by atoms with Crippen LogP contribution in [0.25, 0.3) is 0 Å². The summed E-state index contributed by atoms with van der Waals surface area (Å²) in [5.74, 6) is 0.941. The summed E-state index contributed by atoms with van der Waals surface area (Å²) >= 11 is 0. The molecule has 0 saturated carbocycles. The van der Waals surface area contributed by atoms with Crippen LogP contribution in [0.1, 0.15) is 12.0 Å². The zero-order valence-electron chi connectivity index (χ0n) is 10.7. The minimum absolute atomic E-state index is 0.164. The van der Waals surface area contributed by atoms with Crippen molar-refractivity contribution in [3.63, 3.8) is 0 Å². The van der Waals surface area contributed by atoms with Crippen LogP contribution in [0.5, 0.6) is 0 Å². The third-order valence-electron chi connectivity index (χ3n) is 3.25. The van der Waals surface area contributed by atoms with Gasteiger partial charge in [0, 0.05) is 19.2 Å². The average molecular weight is 261 g/mol. The molecule has 1 saturated heterocycles. The summed E-state index contributed by atoms with van der Waals surface area (Å²) in [6, 6.07) is 3.18. The highest BCUT2D eigenvalue weighted by atomic mass is 16.6. The largest absolute Gasteiger partial charge is 0.369 e. The Bertz CT molecular complexity index is 525. The number of anilines is 1. The highest BCUT2D eigenvalue weighted by molar-refractivity contribution is 5.55. The highest BCUT2D eigenvalue weighted by Crippen LogP contribution is 2.20. The van der Waals surface area contributed by atoms with Crippen molar-refractivity contribution in [1.82, 2.24) is 9.88 Å². The maximum absolute atomic E-state index is 10.6. The first-order valence-electron chi connectivity index (χ1n) is 6.07. The molecule has 1 aromatic heterocycles. The number of nitro groups is 1. The normalized spacial score (nSPS) is 19.1. The molecule has 1 unspecified atom stereocenters. The van der Waals surface area contributed by atoms with Gasteiger partial charge in [-0.2, -0.15) is 5.26 Å². The lowest BCUT2D eigenvalue weighted by molar-refractivity contribution is -0.385. The molecule has 7 heteroatoms. The van der Waals surface area contributed by atoms with E-state index in [0.717, 1.165) is 26.1 Å². The molecule has 1 aromatic rings. The Morgan fingerprint density at radius 2 is 2.53 bits per heavy atom. The minimum atomic E-state index is -0.552. The topological polar surface area (TPSA) is 95.1 Å². The number of hydrogen-bond donors (Lipinski definition) is 1. The third kappa shape index (κ3) is 3.17. The summed E-state index contributed by atoms with van der Waals surface area (Å²) in [4.78, 5) is 16.3. The van der Waals surface area contributed by atoms with Crippen LogP contribution < -0.4 is 5.32 Å². The summed E-state index contributed by atoms with van der Waals surface area (Å²) < 4.78 is 0. The van der Waals surface area contributed by atoms with Crippen molar-refractivity contribution in [3.05, 3.63) is 27.9 Å². The first-order valence-corrected chi connectivity index (χ1v) is 6.07. The molecule has 1 aliphatic heterocycles. The number of nitriles is 1. The second-order valence-electron chi connectivity index (χ2n) is 4.76. The van der Waals surface area contributed by atoms with Crippen LogP contribution >= 0.6 is 0 Å². The van der Waals surface area contributed by atoms with Gasteiger partial charge in [-0.05, 0) is 25.9 Å². The van der Waals surface area contributed by atoms with E-state index >= 15 is 0 Å². The molecular weight excluding hydrogens is 246 g/mol.